The van der Waals surface area contributed by atoms with E-state index < -0.39 is 0 Å². The zero-order valence-electron chi connectivity index (χ0n) is 17.8. The number of carbonyl (C=O) groups excluding carboxylic acids is 1. The number of amides is 1. The van der Waals surface area contributed by atoms with Crippen LogP contribution in [0.3, 0.4) is 0 Å². The number of nitrogens with zero attached hydrogens (tertiary/aromatic N) is 2. The molecule has 0 aliphatic heterocycles. The molecular formula is C23H25N3O4. The van der Waals surface area contributed by atoms with Crippen molar-refractivity contribution in [1.29, 1.82) is 0 Å². The van der Waals surface area contributed by atoms with E-state index in [4.69, 9.17) is 13.7 Å². The molecule has 0 aliphatic carbocycles. The van der Waals surface area contributed by atoms with E-state index in [1.54, 1.807) is 0 Å². The first-order valence-electron chi connectivity index (χ1n) is 9.97. The first-order chi connectivity index (χ1) is 14.4. The summed E-state index contributed by atoms with van der Waals surface area (Å²) in [6.07, 6.45) is 0. The normalized spacial score (nSPS) is 12.3. The molecule has 0 fully saturated rings. The van der Waals surface area contributed by atoms with Gasteiger partial charge in [0.15, 0.2) is 17.2 Å². The zero-order chi connectivity index (χ0) is 21.4. The Morgan fingerprint density at radius 1 is 1.23 bits per heavy atom. The molecule has 1 amide bonds. The lowest BCUT2D eigenvalue weighted by molar-refractivity contribution is 0.0935. The molecular weight excluding hydrogens is 382 g/mol. The van der Waals surface area contributed by atoms with Crippen LogP contribution in [-0.2, 0) is 0 Å². The van der Waals surface area contributed by atoms with Crippen molar-refractivity contribution < 1.29 is 18.5 Å². The average molecular weight is 407 g/mol. The van der Waals surface area contributed by atoms with Crippen LogP contribution in [0.4, 0.5) is 0 Å². The van der Waals surface area contributed by atoms with E-state index in [0.717, 1.165) is 16.8 Å². The Hall–Kier alpha value is -3.48. The van der Waals surface area contributed by atoms with Crippen LogP contribution in [0, 0.1) is 20.8 Å². The van der Waals surface area contributed by atoms with Crippen LogP contribution in [0.25, 0.3) is 16.8 Å². The maximum Gasteiger partial charge on any atom is 0.253 e. The van der Waals surface area contributed by atoms with Crippen molar-refractivity contribution in [2.24, 2.45) is 0 Å². The molecule has 156 valence electrons. The Labute approximate surface area is 174 Å². The third-order valence-corrected chi connectivity index (χ3v) is 5.12. The number of benzene rings is 1. The van der Waals surface area contributed by atoms with Gasteiger partial charge >= 0.3 is 0 Å². The molecule has 0 saturated carbocycles. The van der Waals surface area contributed by atoms with E-state index in [-0.39, 0.29) is 11.9 Å². The van der Waals surface area contributed by atoms with Crippen LogP contribution in [0.2, 0.25) is 0 Å². The molecule has 0 radical (unpaired) electrons. The summed E-state index contributed by atoms with van der Waals surface area (Å²) in [6, 6.07) is 11.1. The van der Waals surface area contributed by atoms with Gasteiger partial charge in [-0.15, -0.1) is 0 Å². The van der Waals surface area contributed by atoms with Gasteiger partial charge in [-0.05, 0) is 52.8 Å². The number of hydrogen-bond acceptors (Lipinski definition) is 5. The highest BCUT2D eigenvalue weighted by molar-refractivity contribution is 5.96. The quantitative estimate of drug-likeness (QED) is 0.485. The van der Waals surface area contributed by atoms with Crippen LogP contribution < -0.4 is 10.1 Å². The van der Waals surface area contributed by atoms with Gasteiger partial charge in [0.1, 0.15) is 11.5 Å². The van der Waals surface area contributed by atoms with E-state index in [1.165, 1.54) is 0 Å². The first-order valence-corrected chi connectivity index (χ1v) is 9.97. The first kappa shape index (κ1) is 19.8. The van der Waals surface area contributed by atoms with E-state index in [0.29, 0.717) is 40.8 Å². The number of ether oxygens (including phenoxy) is 1. The van der Waals surface area contributed by atoms with Gasteiger partial charge in [0, 0.05) is 22.8 Å². The predicted molar refractivity (Wildman–Crippen MR) is 113 cm³/mol. The van der Waals surface area contributed by atoms with E-state index >= 15 is 0 Å². The van der Waals surface area contributed by atoms with Gasteiger partial charge in [0.2, 0.25) is 0 Å². The summed E-state index contributed by atoms with van der Waals surface area (Å²) in [5.41, 5.74) is 2.98. The van der Waals surface area contributed by atoms with Crippen LogP contribution in [0.1, 0.15) is 53.2 Å². The summed E-state index contributed by atoms with van der Waals surface area (Å²) in [7, 11) is 0. The minimum absolute atomic E-state index is 0.174. The van der Waals surface area contributed by atoms with Crippen molar-refractivity contribution in [2.75, 3.05) is 6.61 Å². The molecule has 30 heavy (non-hydrogen) atoms. The number of para-hydroxylation sites is 1. The average Bonchev–Trinajstić information content (AvgIpc) is 3.39. The SMILES string of the molecule is CCOc1cccc2cc(C(C)NC(=O)c3cc(C)n(-c4cc(C)on4)c3C)oc12. The van der Waals surface area contributed by atoms with Gasteiger partial charge in [0.05, 0.1) is 18.2 Å². The summed E-state index contributed by atoms with van der Waals surface area (Å²) >= 11 is 0. The molecule has 3 aromatic heterocycles. The monoisotopic (exact) mass is 407 g/mol. The molecule has 7 heteroatoms. The highest BCUT2D eigenvalue weighted by atomic mass is 16.5. The highest BCUT2D eigenvalue weighted by Gasteiger charge is 2.22. The highest BCUT2D eigenvalue weighted by Crippen LogP contribution is 2.31. The Bertz CT molecular complexity index is 1210. The predicted octanol–water partition coefficient (Wildman–Crippen LogP) is 5.03. The molecule has 0 bridgehead atoms. The molecule has 4 rings (SSSR count). The lowest BCUT2D eigenvalue weighted by Crippen LogP contribution is -2.26. The minimum atomic E-state index is -0.309. The summed E-state index contributed by atoms with van der Waals surface area (Å²) in [6.45, 7) is 10.1. The van der Waals surface area contributed by atoms with Gasteiger partial charge in [-0.2, -0.15) is 0 Å². The Balaban J connectivity index is 1.59. The van der Waals surface area contributed by atoms with E-state index in [9.17, 15) is 4.79 Å². The lowest BCUT2D eigenvalue weighted by Gasteiger charge is -2.12. The van der Waals surface area contributed by atoms with E-state index in [2.05, 4.69) is 10.5 Å². The van der Waals surface area contributed by atoms with E-state index in [1.807, 2.05) is 75.6 Å². The summed E-state index contributed by atoms with van der Waals surface area (Å²) in [5, 5.41) is 8.04. The molecule has 0 spiro atoms. The van der Waals surface area contributed by atoms with Crippen molar-refractivity contribution in [3.63, 3.8) is 0 Å². The summed E-state index contributed by atoms with van der Waals surface area (Å²) in [4.78, 5) is 13.0. The second kappa shape index (κ2) is 7.74. The second-order valence-corrected chi connectivity index (χ2v) is 7.37. The Kier molecular flexibility index (Phi) is 5.11. The fourth-order valence-corrected chi connectivity index (χ4v) is 3.69. The van der Waals surface area contributed by atoms with Gasteiger partial charge < -0.3 is 19.0 Å². The Morgan fingerprint density at radius 2 is 2.03 bits per heavy atom. The zero-order valence-corrected chi connectivity index (χ0v) is 17.8. The van der Waals surface area contributed by atoms with Gasteiger partial charge in [0.25, 0.3) is 5.91 Å². The molecule has 3 heterocycles. The number of fused-ring (bicyclic) bond motifs is 1. The van der Waals surface area contributed by atoms with Crippen molar-refractivity contribution >= 4 is 16.9 Å². The third-order valence-electron chi connectivity index (χ3n) is 5.12. The Morgan fingerprint density at radius 3 is 2.73 bits per heavy atom. The fraction of sp³-hybridized carbons (Fsp3) is 0.304. The second-order valence-electron chi connectivity index (χ2n) is 7.37. The van der Waals surface area contributed by atoms with Crippen LogP contribution >= 0.6 is 0 Å². The number of carbonyl (C=O) groups is 1. The molecule has 1 aromatic carbocycles. The molecule has 1 N–H and O–H groups in total. The number of rotatable bonds is 6. The molecule has 0 saturated heterocycles. The van der Waals surface area contributed by atoms with Crippen molar-refractivity contribution in [1.82, 2.24) is 15.0 Å². The summed E-state index contributed by atoms with van der Waals surface area (Å²) in [5.74, 6) is 2.58. The van der Waals surface area contributed by atoms with Gasteiger partial charge in [-0.3, -0.25) is 9.36 Å². The largest absolute Gasteiger partial charge is 0.490 e. The standard InChI is InChI=1S/C23H25N3O4/c1-6-28-19-9-7-8-17-12-20(29-22(17)19)15(4)24-23(27)18-10-13(2)26(16(18)5)21-11-14(3)30-25-21/h7-12,15H,6H2,1-5H3,(H,24,27). The van der Waals surface area contributed by atoms with Crippen molar-refractivity contribution in [3.05, 3.63) is 64.9 Å². The van der Waals surface area contributed by atoms with Crippen LogP contribution in [-0.4, -0.2) is 22.2 Å². The number of aryl methyl sites for hydroxylation is 2. The fourth-order valence-electron chi connectivity index (χ4n) is 3.69. The summed E-state index contributed by atoms with van der Waals surface area (Å²) < 4.78 is 18.7. The molecule has 4 aromatic rings. The topological polar surface area (TPSA) is 82.4 Å². The third kappa shape index (κ3) is 3.47. The van der Waals surface area contributed by atoms with Crippen molar-refractivity contribution in [2.45, 2.75) is 40.7 Å². The maximum absolute atomic E-state index is 13.0. The van der Waals surface area contributed by atoms with Crippen molar-refractivity contribution in [3.8, 4) is 11.6 Å². The molecule has 0 aliphatic rings. The molecule has 1 atom stereocenters. The smallest absolute Gasteiger partial charge is 0.253 e. The maximum atomic E-state index is 13.0. The number of furan rings is 1. The lowest BCUT2D eigenvalue weighted by atomic mass is 10.2. The number of hydrogen-bond donors (Lipinski definition) is 1. The van der Waals surface area contributed by atoms with Gasteiger partial charge in [-0.1, -0.05) is 17.3 Å². The van der Waals surface area contributed by atoms with Gasteiger partial charge in [-0.25, -0.2) is 0 Å². The molecule has 7 nitrogen and oxygen atoms in total. The van der Waals surface area contributed by atoms with Crippen LogP contribution in [0.15, 0.2) is 45.3 Å². The number of nitrogens with one attached hydrogen (secondary N) is 1. The number of aromatic nitrogens is 2. The van der Waals surface area contributed by atoms with Crippen LogP contribution in [0.5, 0.6) is 5.75 Å². The molecule has 1 unspecified atom stereocenters. The minimum Gasteiger partial charge on any atom is -0.490 e.